The van der Waals surface area contributed by atoms with Gasteiger partial charge in [0.05, 0.1) is 12.8 Å². The Morgan fingerprint density at radius 2 is 1.93 bits per heavy atom. The average Bonchev–Trinajstić information content (AvgIpc) is 3.13. The summed E-state index contributed by atoms with van der Waals surface area (Å²) in [4.78, 5) is 37.0. The highest BCUT2D eigenvalue weighted by atomic mass is 16.5. The third-order valence-corrected chi connectivity index (χ3v) is 4.98. The molecule has 0 saturated carbocycles. The molecule has 2 aromatic heterocycles. The van der Waals surface area contributed by atoms with Crippen LogP contribution in [0, 0.1) is 0 Å². The number of piperazine rings is 1. The number of para-hydroxylation sites is 1. The molecule has 8 heteroatoms. The molecule has 4 rings (SSSR count). The number of carbonyl (C=O) groups excluding carboxylic acids is 2. The average molecular weight is 394 g/mol. The van der Waals surface area contributed by atoms with Gasteiger partial charge in [0.25, 0.3) is 5.91 Å². The first-order valence-electron chi connectivity index (χ1n) is 9.62. The van der Waals surface area contributed by atoms with Crippen molar-refractivity contribution in [3.63, 3.8) is 0 Å². The Labute approximate surface area is 168 Å². The van der Waals surface area contributed by atoms with Gasteiger partial charge in [0, 0.05) is 56.1 Å². The van der Waals surface area contributed by atoms with E-state index < -0.39 is 5.97 Å². The van der Waals surface area contributed by atoms with Gasteiger partial charge in [-0.25, -0.2) is 9.78 Å². The summed E-state index contributed by atoms with van der Waals surface area (Å²) in [6.45, 7) is 5.16. The summed E-state index contributed by atoms with van der Waals surface area (Å²) in [7, 11) is 0. The number of hydrogen-bond acceptors (Lipinski definition) is 7. The summed E-state index contributed by atoms with van der Waals surface area (Å²) in [5, 5.41) is 0.911. The molecule has 0 aliphatic carbocycles. The van der Waals surface area contributed by atoms with Gasteiger partial charge in [0.15, 0.2) is 0 Å². The van der Waals surface area contributed by atoms with Gasteiger partial charge in [-0.1, -0.05) is 18.2 Å². The molecule has 0 bridgehead atoms. The molecule has 1 fully saturated rings. The van der Waals surface area contributed by atoms with Gasteiger partial charge >= 0.3 is 5.97 Å². The van der Waals surface area contributed by atoms with Crippen LogP contribution in [-0.4, -0.2) is 64.4 Å². The minimum Gasteiger partial charge on any atom is -0.460 e. The molecule has 0 radical (unpaired) electrons. The van der Waals surface area contributed by atoms with Crippen LogP contribution in [0.15, 0.2) is 47.3 Å². The minimum absolute atomic E-state index is 0.112. The number of fused-ring (bicyclic) bond motifs is 1. The number of benzene rings is 1. The van der Waals surface area contributed by atoms with Gasteiger partial charge in [-0.3, -0.25) is 14.7 Å². The number of ether oxygens (including phenoxy) is 1. The molecule has 29 heavy (non-hydrogen) atoms. The largest absolute Gasteiger partial charge is 0.460 e. The second kappa shape index (κ2) is 8.40. The molecule has 1 aliphatic rings. The Hall–Kier alpha value is -3.26. The van der Waals surface area contributed by atoms with Crippen molar-refractivity contribution in [3.8, 4) is 0 Å². The maximum atomic E-state index is 12.5. The van der Waals surface area contributed by atoms with Gasteiger partial charge in [-0.05, 0) is 13.0 Å². The summed E-state index contributed by atoms with van der Waals surface area (Å²) < 4.78 is 11.0. The molecule has 1 aromatic carbocycles. The summed E-state index contributed by atoms with van der Waals surface area (Å²) in [5.74, 6) is -0.306. The van der Waals surface area contributed by atoms with Crippen LogP contribution in [0.5, 0.6) is 0 Å². The highest BCUT2D eigenvalue weighted by Gasteiger charge is 2.27. The van der Waals surface area contributed by atoms with Crippen LogP contribution in [-0.2, 0) is 11.3 Å². The molecular weight excluding hydrogens is 372 g/mol. The van der Waals surface area contributed by atoms with E-state index in [0.29, 0.717) is 50.6 Å². The standard InChI is InChI=1S/C21H22N4O4/c1-2-28-21(27)19-16(15-5-3-4-6-18(15)29-19)14-24-9-11-25(12-10-24)20(26)17-13-22-7-8-23-17/h3-8,13H,2,9-12,14H2,1H3. The normalized spacial score (nSPS) is 14.9. The monoisotopic (exact) mass is 394 g/mol. The molecule has 0 unspecified atom stereocenters. The third kappa shape index (κ3) is 3.97. The second-order valence-electron chi connectivity index (χ2n) is 6.79. The fourth-order valence-electron chi connectivity index (χ4n) is 3.52. The van der Waals surface area contributed by atoms with E-state index in [0.717, 1.165) is 10.9 Å². The van der Waals surface area contributed by atoms with Gasteiger partial charge in [0.2, 0.25) is 5.76 Å². The number of hydrogen-bond donors (Lipinski definition) is 0. The van der Waals surface area contributed by atoms with E-state index in [9.17, 15) is 9.59 Å². The molecule has 3 heterocycles. The Balaban J connectivity index is 1.48. The Morgan fingerprint density at radius 3 is 2.66 bits per heavy atom. The van der Waals surface area contributed by atoms with Gasteiger partial charge in [-0.2, -0.15) is 0 Å². The van der Waals surface area contributed by atoms with Crippen molar-refractivity contribution in [2.75, 3.05) is 32.8 Å². The van der Waals surface area contributed by atoms with E-state index in [1.165, 1.54) is 12.4 Å². The number of esters is 1. The van der Waals surface area contributed by atoms with Crippen LogP contribution in [0.2, 0.25) is 0 Å². The summed E-state index contributed by atoms with van der Waals surface area (Å²) in [6, 6.07) is 7.60. The van der Waals surface area contributed by atoms with Crippen LogP contribution >= 0.6 is 0 Å². The second-order valence-corrected chi connectivity index (χ2v) is 6.79. The lowest BCUT2D eigenvalue weighted by molar-refractivity contribution is 0.0488. The first-order valence-corrected chi connectivity index (χ1v) is 9.62. The van der Waals surface area contributed by atoms with Crippen molar-refractivity contribution in [1.29, 1.82) is 0 Å². The van der Waals surface area contributed by atoms with Crippen LogP contribution in [0.4, 0.5) is 0 Å². The van der Waals surface area contributed by atoms with E-state index in [1.807, 2.05) is 24.3 Å². The number of carbonyl (C=O) groups is 2. The molecule has 1 amide bonds. The molecular formula is C21H22N4O4. The molecule has 1 saturated heterocycles. The minimum atomic E-state index is -0.449. The van der Waals surface area contributed by atoms with E-state index in [-0.39, 0.29) is 11.7 Å². The zero-order valence-corrected chi connectivity index (χ0v) is 16.2. The zero-order chi connectivity index (χ0) is 20.2. The van der Waals surface area contributed by atoms with Crippen molar-refractivity contribution in [2.24, 2.45) is 0 Å². The highest BCUT2D eigenvalue weighted by Crippen LogP contribution is 2.28. The smallest absolute Gasteiger partial charge is 0.374 e. The Bertz CT molecular complexity index is 1010. The van der Waals surface area contributed by atoms with Crippen molar-refractivity contribution in [2.45, 2.75) is 13.5 Å². The van der Waals surface area contributed by atoms with Gasteiger partial charge in [0.1, 0.15) is 11.3 Å². The fraction of sp³-hybridized carbons (Fsp3) is 0.333. The number of rotatable bonds is 5. The summed E-state index contributed by atoms with van der Waals surface area (Å²) in [5.41, 5.74) is 1.85. The molecule has 150 valence electrons. The number of amides is 1. The first kappa shape index (κ1) is 19.1. The third-order valence-electron chi connectivity index (χ3n) is 4.98. The Morgan fingerprint density at radius 1 is 1.14 bits per heavy atom. The van der Waals surface area contributed by atoms with E-state index in [2.05, 4.69) is 14.9 Å². The number of aromatic nitrogens is 2. The SMILES string of the molecule is CCOC(=O)c1oc2ccccc2c1CN1CCN(C(=O)c2cnccn2)CC1. The van der Waals surface area contributed by atoms with Gasteiger partial charge in [-0.15, -0.1) is 0 Å². The fourth-order valence-corrected chi connectivity index (χ4v) is 3.52. The van der Waals surface area contributed by atoms with Crippen molar-refractivity contribution in [3.05, 3.63) is 59.9 Å². The lowest BCUT2D eigenvalue weighted by Gasteiger charge is -2.34. The lowest BCUT2D eigenvalue weighted by atomic mass is 10.1. The van der Waals surface area contributed by atoms with Crippen LogP contribution in [0.1, 0.15) is 33.5 Å². The van der Waals surface area contributed by atoms with Gasteiger partial charge < -0.3 is 14.1 Å². The van der Waals surface area contributed by atoms with E-state index in [1.54, 1.807) is 18.0 Å². The maximum absolute atomic E-state index is 12.5. The zero-order valence-electron chi connectivity index (χ0n) is 16.2. The lowest BCUT2D eigenvalue weighted by Crippen LogP contribution is -2.48. The number of furan rings is 1. The van der Waals surface area contributed by atoms with Crippen LogP contribution in [0.25, 0.3) is 11.0 Å². The molecule has 0 spiro atoms. The van der Waals surface area contributed by atoms with Crippen molar-refractivity contribution >= 4 is 22.8 Å². The first-order chi connectivity index (χ1) is 14.2. The topological polar surface area (TPSA) is 88.8 Å². The number of nitrogens with zero attached hydrogens (tertiary/aromatic N) is 4. The highest BCUT2D eigenvalue weighted by molar-refractivity contribution is 5.96. The van der Waals surface area contributed by atoms with Crippen molar-refractivity contribution in [1.82, 2.24) is 19.8 Å². The predicted octanol–water partition coefficient (Wildman–Crippen LogP) is 2.36. The van der Waals surface area contributed by atoms with Crippen molar-refractivity contribution < 1.29 is 18.7 Å². The molecule has 1 aliphatic heterocycles. The van der Waals surface area contributed by atoms with E-state index >= 15 is 0 Å². The molecule has 0 atom stereocenters. The molecule has 0 N–H and O–H groups in total. The van der Waals surface area contributed by atoms with Crippen LogP contribution in [0.3, 0.4) is 0 Å². The maximum Gasteiger partial charge on any atom is 0.374 e. The Kier molecular flexibility index (Phi) is 5.53. The van der Waals surface area contributed by atoms with Crippen LogP contribution < -0.4 is 0 Å². The van der Waals surface area contributed by atoms with E-state index in [4.69, 9.17) is 9.15 Å². The quantitative estimate of drug-likeness (QED) is 0.614. The molecule has 8 nitrogen and oxygen atoms in total. The summed E-state index contributed by atoms with van der Waals surface area (Å²) in [6.07, 6.45) is 4.55. The predicted molar refractivity (Wildman–Crippen MR) is 105 cm³/mol. The molecule has 3 aromatic rings. The summed E-state index contributed by atoms with van der Waals surface area (Å²) >= 11 is 0.